The molecular weight excluding hydrogens is 471 g/mol. The highest BCUT2D eigenvalue weighted by atomic mass is 35.5. The van der Waals surface area contributed by atoms with E-state index >= 15 is 0 Å². The molecule has 11 heteroatoms. The highest BCUT2D eigenvalue weighted by Gasteiger charge is 2.35. The fraction of sp³-hybridized carbons (Fsp3) is 0.263. The molecule has 0 saturated carbocycles. The van der Waals surface area contributed by atoms with Crippen molar-refractivity contribution in [2.45, 2.75) is 31.5 Å². The first-order valence-electron chi connectivity index (χ1n) is 8.53. The van der Waals surface area contributed by atoms with Crippen LogP contribution in [0.1, 0.15) is 24.6 Å². The van der Waals surface area contributed by atoms with Gasteiger partial charge in [0.2, 0.25) is 0 Å². The number of nitrogens with zero attached hydrogens (tertiary/aromatic N) is 2. The lowest BCUT2D eigenvalue weighted by molar-refractivity contribution is -0.145. The van der Waals surface area contributed by atoms with Crippen LogP contribution in [0, 0.1) is 5.82 Å². The molecule has 3 aromatic rings. The zero-order chi connectivity index (χ0) is 22.2. The summed E-state index contributed by atoms with van der Waals surface area (Å²) in [6.45, 7) is 1.48. The van der Waals surface area contributed by atoms with Crippen molar-refractivity contribution in [3.8, 4) is 11.1 Å². The molecule has 0 saturated heterocycles. The van der Waals surface area contributed by atoms with Crippen LogP contribution < -0.4 is 0 Å². The first kappa shape index (κ1) is 22.7. The predicted octanol–water partition coefficient (Wildman–Crippen LogP) is 6.53. The number of ether oxygens (including phenoxy) is 1. The first-order chi connectivity index (χ1) is 14.0. The second-order valence-corrected chi connectivity index (χ2v) is 7.76. The number of pyridine rings is 1. The molecule has 0 amide bonds. The second-order valence-electron chi connectivity index (χ2n) is 6.33. The number of esters is 1. The monoisotopic (exact) mass is 482 g/mol. The molecule has 2 heterocycles. The molecule has 2 aromatic heterocycles. The van der Waals surface area contributed by atoms with Gasteiger partial charge in [0.1, 0.15) is 17.2 Å². The molecule has 0 spiro atoms. The molecule has 1 atom stereocenters. The summed E-state index contributed by atoms with van der Waals surface area (Å²) in [5.41, 5.74) is -1.76. The Labute approximate surface area is 183 Å². The van der Waals surface area contributed by atoms with Crippen molar-refractivity contribution in [3.63, 3.8) is 0 Å². The maximum Gasteiger partial charge on any atom is 0.431 e. The van der Waals surface area contributed by atoms with Crippen LogP contribution >= 0.6 is 34.8 Å². The molecule has 4 nitrogen and oxygen atoms in total. The van der Waals surface area contributed by atoms with Gasteiger partial charge >= 0.3 is 12.1 Å². The van der Waals surface area contributed by atoms with Crippen LogP contribution in [0.2, 0.25) is 10.0 Å². The highest BCUT2D eigenvalue weighted by molar-refractivity contribution is 6.34. The summed E-state index contributed by atoms with van der Waals surface area (Å²) in [4.78, 5) is 15.6. The zero-order valence-corrected chi connectivity index (χ0v) is 17.5. The van der Waals surface area contributed by atoms with Crippen molar-refractivity contribution in [2.75, 3.05) is 0 Å². The van der Waals surface area contributed by atoms with Crippen molar-refractivity contribution in [2.24, 2.45) is 0 Å². The van der Waals surface area contributed by atoms with E-state index in [1.54, 1.807) is 0 Å². The van der Waals surface area contributed by atoms with E-state index in [1.165, 1.54) is 13.0 Å². The average molecular weight is 484 g/mol. The smallest absolute Gasteiger partial charge is 0.431 e. The molecule has 3 rings (SSSR count). The van der Waals surface area contributed by atoms with E-state index in [1.807, 2.05) is 0 Å². The second kappa shape index (κ2) is 8.61. The Bertz CT molecular complexity index is 1110. The predicted molar refractivity (Wildman–Crippen MR) is 105 cm³/mol. The summed E-state index contributed by atoms with van der Waals surface area (Å²) >= 11 is 17.8. The Hall–Kier alpha value is -2.03. The maximum atomic E-state index is 14.7. The van der Waals surface area contributed by atoms with Crippen LogP contribution in [-0.2, 0) is 22.1 Å². The van der Waals surface area contributed by atoms with Crippen LogP contribution in [-0.4, -0.2) is 20.9 Å². The number of imidazole rings is 1. The van der Waals surface area contributed by atoms with E-state index < -0.39 is 29.2 Å². The fourth-order valence-electron chi connectivity index (χ4n) is 2.97. The van der Waals surface area contributed by atoms with Gasteiger partial charge in [-0.15, -0.1) is 0 Å². The number of carbonyl (C=O) groups is 1. The van der Waals surface area contributed by atoms with Gasteiger partial charge < -0.3 is 4.74 Å². The maximum absolute atomic E-state index is 14.7. The molecule has 0 N–H and O–H groups in total. The minimum Gasteiger partial charge on any atom is -0.446 e. The van der Waals surface area contributed by atoms with E-state index in [-0.39, 0.29) is 39.7 Å². The molecule has 0 radical (unpaired) electrons. The SMILES string of the molecule is CC(Cl)OC(=O)CCc1cc(-c2c(Cl)cc(C(F)(F)F)n3ccnc23)c(F)cc1Cl. The lowest BCUT2D eigenvalue weighted by Crippen LogP contribution is -2.12. The van der Waals surface area contributed by atoms with Gasteiger partial charge in [-0.25, -0.2) is 9.37 Å². The molecule has 0 fully saturated rings. The molecule has 0 bridgehead atoms. The number of alkyl halides is 4. The Morgan fingerprint density at radius 1 is 1.23 bits per heavy atom. The topological polar surface area (TPSA) is 43.6 Å². The molecule has 1 unspecified atom stereocenters. The number of rotatable bonds is 5. The van der Waals surface area contributed by atoms with Crippen molar-refractivity contribution in [3.05, 3.63) is 57.7 Å². The molecular formula is C19H13Cl3F4N2O2. The van der Waals surface area contributed by atoms with Crippen LogP contribution in [0.5, 0.6) is 0 Å². The largest absolute Gasteiger partial charge is 0.446 e. The van der Waals surface area contributed by atoms with Gasteiger partial charge in [-0.3, -0.25) is 9.20 Å². The number of benzene rings is 1. The molecule has 160 valence electrons. The normalized spacial score (nSPS) is 12.9. The number of hydrogen-bond acceptors (Lipinski definition) is 3. The number of hydrogen-bond donors (Lipinski definition) is 0. The number of aryl methyl sites for hydroxylation is 1. The van der Waals surface area contributed by atoms with E-state index in [2.05, 4.69) is 4.98 Å². The quantitative estimate of drug-likeness (QED) is 0.235. The van der Waals surface area contributed by atoms with Crippen LogP contribution in [0.15, 0.2) is 30.6 Å². The first-order valence-corrected chi connectivity index (χ1v) is 9.73. The van der Waals surface area contributed by atoms with Crippen LogP contribution in [0.25, 0.3) is 16.8 Å². The number of carbonyl (C=O) groups excluding carboxylic acids is 1. The third-order valence-electron chi connectivity index (χ3n) is 4.21. The van der Waals surface area contributed by atoms with Gasteiger partial charge in [0.05, 0.1) is 5.02 Å². The zero-order valence-electron chi connectivity index (χ0n) is 15.2. The van der Waals surface area contributed by atoms with Gasteiger partial charge in [-0.1, -0.05) is 34.8 Å². The lowest BCUT2D eigenvalue weighted by Gasteiger charge is -2.16. The van der Waals surface area contributed by atoms with Crippen LogP contribution in [0.4, 0.5) is 17.6 Å². The minimum atomic E-state index is -4.69. The van der Waals surface area contributed by atoms with Crippen molar-refractivity contribution in [1.29, 1.82) is 0 Å². The van der Waals surface area contributed by atoms with Crippen molar-refractivity contribution in [1.82, 2.24) is 9.38 Å². The number of halogens is 7. The third-order valence-corrected chi connectivity index (χ3v) is 4.95. The molecule has 30 heavy (non-hydrogen) atoms. The summed E-state index contributed by atoms with van der Waals surface area (Å²) < 4.78 is 60.3. The Balaban J connectivity index is 2.08. The average Bonchev–Trinajstić information content (AvgIpc) is 3.09. The highest BCUT2D eigenvalue weighted by Crippen LogP contribution is 2.40. The summed E-state index contributed by atoms with van der Waals surface area (Å²) in [6.07, 6.45) is -2.41. The number of fused-ring (bicyclic) bond motifs is 1. The Morgan fingerprint density at radius 3 is 2.57 bits per heavy atom. The Kier molecular flexibility index (Phi) is 6.50. The van der Waals surface area contributed by atoms with E-state index in [0.717, 1.165) is 22.9 Å². The van der Waals surface area contributed by atoms with E-state index in [4.69, 9.17) is 39.5 Å². The Morgan fingerprint density at radius 2 is 1.93 bits per heavy atom. The van der Waals surface area contributed by atoms with Crippen molar-refractivity contribution < 1.29 is 27.1 Å². The third kappa shape index (κ3) is 4.66. The van der Waals surface area contributed by atoms with E-state index in [9.17, 15) is 22.4 Å². The molecule has 0 aliphatic carbocycles. The molecule has 1 aromatic carbocycles. The molecule has 0 aliphatic heterocycles. The standard InChI is InChI=1S/C19H13Cl3F4N2O2/c1-9(20)30-16(29)3-2-10-6-11(14(23)7-12(10)21)17-13(22)8-15(19(24,25)26)28-5-4-27-18(17)28/h4-9H,2-3H2,1H3. The summed E-state index contributed by atoms with van der Waals surface area (Å²) in [7, 11) is 0. The van der Waals surface area contributed by atoms with E-state index in [0.29, 0.717) is 11.6 Å². The minimum absolute atomic E-state index is 0.0259. The van der Waals surface area contributed by atoms with Crippen molar-refractivity contribution >= 4 is 46.4 Å². The number of aromatic nitrogens is 2. The van der Waals surface area contributed by atoms with Gasteiger partial charge in [-0.05, 0) is 37.1 Å². The van der Waals surface area contributed by atoms with Crippen LogP contribution in [0.3, 0.4) is 0 Å². The summed E-state index contributed by atoms with van der Waals surface area (Å²) in [5.74, 6) is -1.38. The van der Waals surface area contributed by atoms with Gasteiger partial charge in [0.25, 0.3) is 0 Å². The van der Waals surface area contributed by atoms with Gasteiger partial charge in [-0.2, -0.15) is 13.2 Å². The fourth-order valence-corrected chi connectivity index (χ4v) is 3.61. The lowest BCUT2D eigenvalue weighted by atomic mass is 10.00. The molecule has 0 aliphatic rings. The summed E-state index contributed by atoms with van der Waals surface area (Å²) in [6, 6.07) is 3.05. The summed E-state index contributed by atoms with van der Waals surface area (Å²) in [5, 5.41) is -0.283. The van der Waals surface area contributed by atoms with Gasteiger partial charge in [0, 0.05) is 35.0 Å². The van der Waals surface area contributed by atoms with Gasteiger partial charge in [0.15, 0.2) is 5.56 Å².